The number of hydrogen-bond acceptors (Lipinski definition) is 2. The Morgan fingerprint density at radius 1 is 1.50 bits per heavy atom. The first-order chi connectivity index (χ1) is 5.77. The van der Waals surface area contributed by atoms with Gasteiger partial charge in [-0.15, -0.1) is 0 Å². The Morgan fingerprint density at radius 3 is 3.08 bits per heavy atom. The molecule has 0 amide bonds. The van der Waals surface area contributed by atoms with Crippen LogP contribution in [0.25, 0.3) is 0 Å². The van der Waals surface area contributed by atoms with Crippen molar-refractivity contribution in [1.82, 2.24) is 0 Å². The summed E-state index contributed by atoms with van der Waals surface area (Å²) in [4.78, 5) is 4.20. The van der Waals surface area contributed by atoms with Crippen LogP contribution in [0.1, 0.15) is 13.8 Å². The third-order valence-corrected chi connectivity index (χ3v) is 2.10. The summed E-state index contributed by atoms with van der Waals surface area (Å²) in [6, 6.07) is 0. The van der Waals surface area contributed by atoms with E-state index in [0.717, 1.165) is 0 Å². The number of hydrogen-bond donors (Lipinski definition) is 0. The Kier molecular flexibility index (Phi) is 1.64. The highest BCUT2D eigenvalue weighted by Crippen LogP contribution is 2.19. The summed E-state index contributed by atoms with van der Waals surface area (Å²) in [5.41, 5.74) is 1.34. The van der Waals surface area contributed by atoms with Crippen molar-refractivity contribution in [3.05, 3.63) is 23.9 Å². The first-order valence-electron chi connectivity index (χ1n) is 4.18. The maximum absolute atomic E-state index is 4.20. The minimum absolute atomic E-state index is 0.118. The predicted molar refractivity (Wildman–Crippen MR) is 47.0 cm³/mol. The fourth-order valence-corrected chi connectivity index (χ4v) is 1.32. The van der Waals surface area contributed by atoms with Crippen molar-refractivity contribution in [2.45, 2.75) is 20.0 Å². The molecule has 0 aromatic rings. The van der Waals surface area contributed by atoms with Gasteiger partial charge in [-0.05, 0) is 11.5 Å². The Hall–Kier alpha value is -1.25. The number of fused-ring (bicyclic) bond motifs is 1. The van der Waals surface area contributed by atoms with Gasteiger partial charge in [0.05, 0.1) is 0 Å². The second-order valence-corrected chi connectivity index (χ2v) is 3.31. The van der Waals surface area contributed by atoms with Crippen LogP contribution < -0.4 is 0 Å². The van der Waals surface area contributed by atoms with Crippen molar-refractivity contribution in [2.24, 2.45) is 16.0 Å². The van der Waals surface area contributed by atoms with Gasteiger partial charge in [-0.2, -0.15) is 4.99 Å². The lowest BCUT2D eigenvalue weighted by Gasteiger charge is -2.09. The molecule has 0 N–H and O–H groups in total. The highest BCUT2D eigenvalue weighted by atomic mass is 15.4. The quantitative estimate of drug-likeness (QED) is 0.527. The number of rotatable bonds is 1. The van der Waals surface area contributed by atoms with Gasteiger partial charge < -0.3 is 0 Å². The zero-order valence-electron chi connectivity index (χ0n) is 7.31. The normalized spacial score (nSPS) is 25.8. The topological polar surface area (TPSA) is 27.7 Å². The summed E-state index contributed by atoms with van der Waals surface area (Å²) in [5, 5.41) is 4.06. The minimum Gasteiger partial charge on any atom is -0.193 e. The first kappa shape index (κ1) is 7.40. The average Bonchev–Trinajstić information content (AvgIpc) is 2.49. The van der Waals surface area contributed by atoms with Gasteiger partial charge in [0.25, 0.3) is 6.17 Å². The predicted octanol–water partition coefficient (Wildman–Crippen LogP) is 1.93. The van der Waals surface area contributed by atoms with Crippen LogP contribution in [0, 0.1) is 5.92 Å². The smallest absolute Gasteiger partial charge is 0.193 e. The number of allylic oxidation sites excluding steroid dienone is 2. The van der Waals surface area contributed by atoms with Gasteiger partial charge in [0.15, 0.2) is 12.5 Å². The van der Waals surface area contributed by atoms with E-state index in [2.05, 4.69) is 36.1 Å². The van der Waals surface area contributed by atoms with E-state index in [0.29, 0.717) is 5.92 Å². The summed E-state index contributed by atoms with van der Waals surface area (Å²) >= 11 is 0. The molecule has 0 saturated heterocycles. The van der Waals surface area contributed by atoms with E-state index in [-0.39, 0.29) is 6.17 Å². The second kappa shape index (κ2) is 2.66. The van der Waals surface area contributed by atoms with Crippen LogP contribution in [-0.4, -0.2) is 17.2 Å². The summed E-state index contributed by atoms with van der Waals surface area (Å²) < 4.78 is 1.85. The summed E-state index contributed by atoms with van der Waals surface area (Å²) in [6.07, 6.45) is 7.95. The molecule has 62 valence electrons. The van der Waals surface area contributed by atoms with Gasteiger partial charge in [0.2, 0.25) is 0 Å². The third-order valence-electron chi connectivity index (χ3n) is 2.10. The molecule has 1 unspecified atom stereocenters. The molecule has 2 aliphatic rings. The van der Waals surface area contributed by atoms with Gasteiger partial charge in [-0.3, -0.25) is 0 Å². The van der Waals surface area contributed by atoms with Gasteiger partial charge in [-0.1, -0.05) is 18.5 Å². The highest BCUT2D eigenvalue weighted by Gasteiger charge is 2.25. The van der Waals surface area contributed by atoms with E-state index >= 15 is 0 Å². The summed E-state index contributed by atoms with van der Waals surface area (Å²) in [5.74, 6) is 0.569. The Balaban J connectivity index is 2.28. The second-order valence-electron chi connectivity index (χ2n) is 3.31. The molecule has 3 nitrogen and oxygen atoms in total. The molecular formula is C9H12N3+. The Bertz CT molecular complexity index is 308. The maximum Gasteiger partial charge on any atom is 0.297 e. The highest BCUT2D eigenvalue weighted by molar-refractivity contribution is 5.55. The van der Waals surface area contributed by atoms with E-state index in [9.17, 15) is 0 Å². The van der Waals surface area contributed by atoms with Crippen LogP contribution in [0.5, 0.6) is 0 Å². The molecule has 0 aromatic carbocycles. The van der Waals surface area contributed by atoms with Gasteiger partial charge in [-0.25, -0.2) is 0 Å². The van der Waals surface area contributed by atoms with Crippen LogP contribution in [0.2, 0.25) is 0 Å². The molecule has 0 spiro atoms. The van der Waals surface area contributed by atoms with Crippen molar-refractivity contribution in [1.29, 1.82) is 0 Å². The standard InChI is InChI=1S/C9H12N3/c1-7(2)8-3-4-12-9(5-8)10-6-11-12/h3-7,9H,1-2H3/q+1. The van der Waals surface area contributed by atoms with Gasteiger partial charge >= 0.3 is 0 Å². The van der Waals surface area contributed by atoms with Crippen LogP contribution in [0.4, 0.5) is 0 Å². The molecule has 0 radical (unpaired) electrons. The lowest BCUT2D eigenvalue weighted by Crippen LogP contribution is -2.16. The monoisotopic (exact) mass is 162 g/mol. The van der Waals surface area contributed by atoms with Crippen molar-refractivity contribution >= 4 is 6.34 Å². The molecule has 2 rings (SSSR count). The molecule has 2 heterocycles. The van der Waals surface area contributed by atoms with Crippen molar-refractivity contribution in [3.63, 3.8) is 0 Å². The molecule has 2 aliphatic heterocycles. The molecule has 0 aliphatic carbocycles. The van der Waals surface area contributed by atoms with E-state index in [1.165, 1.54) is 5.57 Å². The fourth-order valence-electron chi connectivity index (χ4n) is 1.32. The van der Waals surface area contributed by atoms with Crippen molar-refractivity contribution < 1.29 is 4.70 Å². The van der Waals surface area contributed by atoms with E-state index in [4.69, 9.17) is 0 Å². The zero-order chi connectivity index (χ0) is 8.55. The molecule has 0 saturated carbocycles. The molecule has 12 heavy (non-hydrogen) atoms. The SMILES string of the molecule is CC(C)C1=CC2N=CN=[N+]2C=C1. The number of aliphatic imine (C=N–C) groups is 1. The van der Waals surface area contributed by atoms with Crippen LogP contribution in [0.15, 0.2) is 34.0 Å². The van der Waals surface area contributed by atoms with E-state index in [1.54, 1.807) is 6.34 Å². The molecular weight excluding hydrogens is 150 g/mol. The van der Waals surface area contributed by atoms with E-state index < -0.39 is 0 Å². The first-order valence-corrected chi connectivity index (χ1v) is 4.18. The van der Waals surface area contributed by atoms with Gasteiger partial charge in [0.1, 0.15) is 0 Å². The lowest BCUT2D eigenvalue weighted by molar-refractivity contribution is -0.542. The van der Waals surface area contributed by atoms with Gasteiger partial charge in [0, 0.05) is 17.3 Å². The molecule has 0 bridgehead atoms. The lowest BCUT2D eigenvalue weighted by atomic mass is 10.0. The molecule has 3 heteroatoms. The Morgan fingerprint density at radius 2 is 2.33 bits per heavy atom. The third kappa shape index (κ3) is 1.11. The van der Waals surface area contributed by atoms with Crippen LogP contribution in [0.3, 0.4) is 0 Å². The van der Waals surface area contributed by atoms with Crippen molar-refractivity contribution in [3.8, 4) is 0 Å². The largest absolute Gasteiger partial charge is 0.297 e. The fraction of sp³-hybridized carbons (Fsp3) is 0.444. The summed E-state index contributed by atoms with van der Waals surface area (Å²) in [7, 11) is 0. The minimum atomic E-state index is 0.118. The maximum atomic E-state index is 4.20. The Labute approximate surface area is 71.8 Å². The van der Waals surface area contributed by atoms with Crippen LogP contribution in [-0.2, 0) is 0 Å². The average molecular weight is 162 g/mol. The zero-order valence-corrected chi connectivity index (χ0v) is 7.31. The number of azo groups is 2. The molecule has 1 atom stereocenters. The van der Waals surface area contributed by atoms with Crippen LogP contribution >= 0.6 is 0 Å². The number of nitrogens with zero attached hydrogens (tertiary/aromatic N) is 3. The van der Waals surface area contributed by atoms with Crippen molar-refractivity contribution in [2.75, 3.05) is 0 Å². The molecule has 0 fully saturated rings. The summed E-state index contributed by atoms with van der Waals surface area (Å²) in [6.45, 7) is 4.36. The van der Waals surface area contributed by atoms with E-state index in [1.807, 2.05) is 10.9 Å². The molecule has 0 aromatic heterocycles.